The Kier molecular flexibility index (Phi) is 2.38. The molecule has 0 radical (unpaired) electrons. The second kappa shape index (κ2) is 4.16. The lowest BCUT2D eigenvalue weighted by Crippen LogP contribution is -2.69. The minimum Gasteiger partial charge on any atom is -0.356 e. The lowest BCUT2D eigenvalue weighted by atomic mass is 9.82. The number of hydrogen-bond acceptors (Lipinski definition) is 2. The van der Waals surface area contributed by atoms with Crippen molar-refractivity contribution >= 4 is 22.7 Å². The SMILES string of the molecule is CC12C(=O)N3CCC[C@H]3C(=O)N1CCc1c2[nH]c2ccccc12. The summed E-state index contributed by atoms with van der Waals surface area (Å²) in [4.78, 5) is 33.3. The highest BCUT2D eigenvalue weighted by Gasteiger charge is 2.58. The predicted octanol–water partition coefficient (Wildman–Crippen LogP) is 1.77. The minimum absolute atomic E-state index is 0.0760. The molecule has 5 rings (SSSR count). The molecule has 3 aliphatic rings. The number of fused-ring (bicyclic) bond motifs is 6. The van der Waals surface area contributed by atoms with E-state index in [-0.39, 0.29) is 17.9 Å². The average Bonchev–Trinajstić information content (AvgIpc) is 3.18. The van der Waals surface area contributed by atoms with Gasteiger partial charge in [-0.3, -0.25) is 9.59 Å². The number of amides is 2. The van der Waals surface area contributed by atoms with Gasteiger partial charge in [0.15, 0.2) is 5.54 Å². The van der Waals surface area contributed by atoms with Crippen LogP contribution in [0.25, 0.3) is 10.9 Å². The summed E-state index contributed by atoms with van der Waals surface area (Å²) in [5, 5.41) is 1.17. The van der Waals surface area contributed by atoms with Gasteiger partial charge in [0.1, 0.15) is 6.04 Å². The number of aromatic nitrogens is 1. The number of nitrogens with zero attached hydrogens (tertiary/aromatic N) is 2. The molecule has 0 aliphatic carbocycles. The number of para-hydroxylation sites is 1. The fraction of sp³-hybridized carbons (Fsp3) is 0.444. The average molecular weight is 309 g/mol. The third-order valence-electron chi connectivity index (χ3n) is 5.91. The summed E-state index contributed by atoms with van der Waals surface area (Å²) in [6.07, 6.45) is 2.53. The summed E-state index contributed by atoms with van der Waals surface area (Å²) in [7, 11) is 0. The van der Waals surface area contributed by atoms with Crippen LogP contribution in [0, 0.1) is 0 Å². The third-order valence-corrected chi connectivity index (χ3v) is 5.91. The van der Waals surface area contributed by atoms with Gasteiger partial charge in [-0.1, -0.05) is 18.2 Å². The number of carbonyl (C=O) groups is 2. The van der Waals surface area contributed by atoms with Crippen LogP contribution < -0.4 is 0 Å². The summed E-state index contributed by atoms with van der Waals surface area (Å²) in [6.45, 7) is 3.24. The van der Waals surface area contributed by atoms with Crippen molar-refractivity contribution < 1.29 is 9.59 Å². The van der Waals surface area contributed by atoms with E-state index in [4.69, 9.17) is 0 Å². The largest absolute Gasteiger partial charge is 0.356 e. The van der Waals surface area contributed by atoms with Crippen LogP contribution in [-0.2, 0) is 21.5 Å². The number of nitrogens with one attached hydrogen (secondary N) is 1. The lowest BCUT2D eigenvalue weighted by Gasteiger charge is -2.51. The van der Waals surface area contributed by atoms with Crippen molar-refractivity contribution in [2.24, 2.45) is 0 Å². The molecule has 1 aromatic heterocycles. The molecule has 0 bridgehead atoms. The highest BCUT2D eigenvalue weighted by atomic mass is 16.2. The minimum atomic E-state index is -0.884. The van der Waals surface area contributed by atoms with Gasteiger partial charge in [0.05, 0.1) is 5.69 Å². The van der Waals surface area contributed by atoms with Crippen molar-refractivity contribution in [3.8, 4) is 0 Å². The summed E-state index contributed by atoms with van der Waals surface area (Å²) < 4.78 is 0. The molecule has 0 spiro atoms. The zero-order chi connectivity index (χ0) is 15.8. The Morgan fingerprint density at radius 2 is 2.04 bits per heavy atom. The van der Waals surface area contributed by atoms with Gasteiger partial charge < -0.3 is 14.8 Å². The summed E-state index contributed by atoms with van der Waals surface area (Å²) in [6, 6.07) is 7.91. The van der Waals surface area contributed by atoms with Crippen LogP contribution in [0.5, 0.6) is 0 Å². The molecular weight excluding hydrogens is 290 g/mol. The Morgan fingerprint density at radius 3 is 2.91 bits per heavy atom. The van der Waals surface area contributed by atoms with Gasteiger partial charge >= 0.3 is 0 Å². The Bertz CT molecular complexity index is 855. The van der Waals surface area contributed by atoms with Crippen molar-refractivity contribution in [2.45, 2.75) is 37.8 Å². The third kappa shape index (κ3) is 1.43. The van der Waals surface area contributed by atoms with E-state index >= 15 is 0 Å². The van der Waals surface area contributed by atoms with Gasteiger partial charge in [0, 0.05) is 24.0 Å². The Hall–Kier alpha value is -2.30. The van der Waals surface area contributed by atoms with Crippen LogP contribution in [0.1, 0.15) is 31.0 Å². The molecular formula is C18H19N3O2. The first kappa shape index (κ1) is 13.2. The molecule has 1 unspecified atom stereocenters. The highest BCUT2D eigenvalue weighted by Crippen LogP contribution is 2.44. The van der Waals surface area contributed by atoms with Gasteiger partial charge in [0.2, 0.25) is 5.91 Å². The molecule has 2 fully saturated rings. The standard InChI is InChI=1S/C18H19N3O2/c1-18-15-12(11-5-2-3-6-13(11)19-15)8-10-21(18)16(22)14-7-4-9-20(14)17(18)23/h2-3,5-6,14,19H,4,7-10H2,1H3/t14-,18?/m0/s1. The number of rotatable bonds is 0. The molecule has 3 aliphatic heterocycles. The van der Waals surface area contributed by atoms with Crippen LogP contribution in [0.3, 0.4) is 0 Å². The van der Waals surface area contributed by atoms with Gasteiger partial charge in [-0.05, 0) is 37.8 Å². The Labute approximate surface area is 134 Å². The quantitative estimate of drug-likeness (QED) is 0.806. The fourth-order valence-corrected chi connectivity index (χ4v) is 4.74. The number of aromatic amines is 1. The molecule has 2 atom stereocenters. The van der Waals surface area contributed by atoms with Crippen LogP contribution in [-0.4, -0.2) is 45.7 Å². The number of carbonyl (C=O) groups excluding carboxylic acids is 2. The van der Waals surface area contributed by atoms with E-state index in [1.807, 2.05) is 30.0 Å². The summed E-state index contributed by atoms with van der Waals surface area (Å²) in [5.41, 5.74) is 2.26. The van der Waals surface area contributed by atoms with Crippen molar-refractivity contribution in [3.63, 3.8) is 0 Å². The Balaban J connectivity index is 1.76. The molecule has 23 heavy (non-hydrogen) atoms. The van der Waals surface area contributed by atoms with Gasteiger partial charge in [-0.2, -0.15) is 0 Å². The van der Waals surface area contributed by atoms with E-state index < -0.39 is 5.54 Å². The second-order valence-electron chi connectivity index (χ2n) is 6.99. The summed E-state index contributed by atoms with van der Waals surface area (Å²) >= 11 is 0. The van der Waals surface area contributed by atoms with E-state index in [2.05, 4.69) is 11.1 Å². The van der Waals surface area contributed by atoms with E-state index in [1.54, 1.807) is 4.90 Å². The maximum absolute atomic E-state index is 13.3. The van der Waals surface area contributed by atoms with E-state index in [0.29, 0.717) is 13.1 Å². The molecule has 118 valence electrons. The number of piperazine rings is 1. The van der Waals surface area contributed by atoms with Gasteiger partial charge in [-0.25, -0.2) is 0 Å². The molecule has 1 aromatic carbocycles. The zero-order valence-corrected chi connectivity index (χ0v) is 13.1. The van der Waals surface area contributed by atoms with Gasteiger partial charge in [0.25, 0.3) is 5.91 Å². The summed E-state index contributed by atoms with van der Waals surface area (Å²) in [5.74, 6) is 0.195. The van der Waals surface area contributed by atoms with Crippen LogP contribution in [0.15, 0.2) is 24.3 Å². The van der Waals surface area contributed by atoms with Crippen LogP contribution in [0.4, 0.5) is 0 Å². The number of benzene rings is 1. The van der Waals surface area contributed by atoms with Crippen molar-refractivity contribution in [1.29, 1.82) is 0 Å². The van der Waals surface area contributed by atoms with E-state index in [1.165, 1.54) is 10.9 Å². The molecule has 2 saturated heterocycles. The molecule has 0 saturated carbocycles. The monoisotopic (exact) mass is 309 g/mol. The molecule has 2 aromatic rings. The van der Waals surface area contributed by atoms with Crippen molar-refractivity contribution in [3.05, 3.63) is 35.5 Å². The first-order chi connectivity index (χ1) is 11.1. The predicted molar refractivity (Wildman–Crippen MR) is 85.8 cm³/mol. The van der Waals surface area contributed by atoms with Crippen LogP contribution in [0.2, 0.25) is 0 Å². The Morgan fingerprint density at radius 1 is 1.22 bits per heavy atom. The van der Waals surface area contributed by atoms with Crippen molar-refractivity contribution in [1.82, 2.24) is 14.8 Å². The molecule has 4 heterocycles. The number of H-pyrrole nitrogens is 1. The van der Waals surface area contributed by atoms with E-state index in [9.17, 15) is 9.59 Å². The first-order valence-electron chi connectivity index (χ1n) is 8.35. The number of hydrogen-bond donors (Lipinski definition) is 1. The maximum Gasteiger partial charge on any atom is 0.255 e. The molecule has 1 N–H and O–H groups in total. The van der Waals surface area contributed by atoms with Crippen molar-refractivity contribution in [2.75, 3.05) is 13.1 Å². The maximum atomic E-state index is 13.3. The molecule has 5 heteroatoms. The fourth-order valence-electron chi connectivity index (χ4n) is 4.74. The van der Waals surface area contributed by atoms with E-state index in [0.717, 1.165) is 30.5 Å². The lowest BCUT2D eigenvalue weighted by molar-refractivity contribution is -0.169. The highest BCUT2D eigenvalue weighted by molar-refractivity contribution is 6.02. The molecule has 2 amide bonds. The van der Waals surface area contributed by atoms with Crippen LogP contribution >= 0.6 is 0 Å². The zero-order valence-electron chi connectivity index (χ0n) is 13.1. The van der Waals surface area contributed by atoms with Gasteiger partial charge in [-0.15, -0.1) is 0 Å². The topological polar surface area (TPSA) is 56.4 Å². The smallest absolute Gasteiger partial charge is 0.255 e. The normalized spacial score (nSPS) is 29.7. The first-order valence-corrected chi connectivity index (χ1v) is 8.35. The second-order valence-corrected chi connectivity index (χ2v) is 6.99. The molecule has 5 nitrogen and oxygen atoms in total.